The van der Waals surface area contributed by atoms with Gasteiger partial charge in [-0.2, -0.15) is 0 Å². The van der Waals surface area contributed by atoms with Crippen LogP contribution in [0.2, 0.25) is 0 Å². The number of rotatable bonds is 5. The van der Waals surface area contributed by atoms with E-state index in [0.29, 0.717) is 13.2 Å². The Balaban J connectivity index is 1.84. The molecule has 1 fully saturated rings. The average Bonchev–Trinajstić information content (AvgIpc) is 2.43. The van der Waals surface area contributed by atoms with Gasteiger partial charge in [-0.15, -0.1) is 0 Å². The summed E-state index contributed by atoms with van der Waals surface area (Å²) in [5, 5.41) is 6.08. The molecule has 1 heterocycles. The van der Waals surface area contributed by atoms with Gasteiger partial charge in [0.2, 0.25) is 5.91 Å². The van der Waals surface area contributed by atoms with Crippen LogP contribution in [-0.2, 0) is 19.0 Å². The summed E-state index contributed by atoms with van der Waals surface area (Å²) in [4.78, 5) is 11.4. The fourth-order valence-electron chi connectivity index (χ4n) is 1.99. The Morgan fingerprint density at radius 2 is 1.81 bits per heavy atom. The average molecular weight is 294 g/mol. The number of ether oxygens (including phenoxy) is 3. The van der Waals surface area contributed by atoms with Crippen LogP contribution in [0.4, 0.5) is 11.4 Å². The molecule has 1 saturated heterocycles. The fraction of sp³-hybridized carbons (Fsp3) is 0.533. The van der Waals surface area contributed by atoms with Gasteiger partial charge in [0.15, 0.2) is 5.79 Å². The molecule has 0 radical (unpaired) electrons. The smallest absolute Gasteiger partial charge is 0.250 e. The Hall–Kier alpha value is -1.63. The van der Waals surface area contributed by atoms with Gasteiger partial charge in [0.25, 0.3) is 0 Å². The van der Waals surface area contributed by atoms with Crippen molar-refractivity contribution in [3.05, 3.63) is 24.3 Å². The Morgan fingerprint density at radius 3 is 2.38 bits per heavy atom. The van der Waals surface area contributed by atoms with E-state index >= 15 is 0 Å². The van der Waals surface area contributed by atoms with Gasteiger partial charge in [-0.25, -0.2) is 0 Å². The zero-order chi connectivity index (χ0) is 15.3. The molecule has 2 rings (SSSR count). The molecule has 0 atom stereocenters. The van der Waals surface area contributed by atoms with Crippen LogP contribution in [0.15, 0.2) is 24.3 Å². The molecule has 0 saturated carbocycles. The molecule has 0 unspecified atom stereocenters. The van der Waals surface area contributed by atoms with E-state index in [1.165, 1.54) is 7.11 Å². The molecule has 2 N–H and O–H groups in total. The second-order valence-electron chi connectivity index (χ2n) is 5.42. The maximum absolute atomic E-state index is 11.4. The van der Waals surface area contributed by atoms with E-state index in [-0.39, 0.29) is 18.6 Å². The summed E-state index contributed by atoms with van der Waals surface area (Å²) in [6.45, 7) is 5.05. The molecule has 1 aromatic carbocycles. The molecule has 1 amide bonds. The number of anilines is 2. The van der Waals surface area contributed by atoms with Crippen molar-refractivity contribution in [1.29, 1.82) is 0 Å². The van der Waals surface area contributed by atoms with E-state index in [4.69, 9.17) is 14.2 Å². The van der Waals surface area contributed by atoms with Crippen molar-refractivity contribution in [3.8, 4) is 0 Å². The lowest BCUT2D eigenvalue weighted by Gasteiger charge is -2.35. The lowest BCUT2D eigenvalue weighted by Crippen LogP contribution is -2.45. The summed E-state index contributed by atoms with van der Waals surface area (Å²) in [6.07, 6.45) is 0. The first-order valence-corrected chi connectivity index (χ1v) is 6.92. The predicted molar refractivity (Wildman–Crippen MR) is 80.3 cm³/mol. The molecule has 6 nitrogen and oxygen atoms in total. The maximum Gasteiger partial charge on any atom is 0.250 e. The third-order valence-electron chi connectivity index (χ3n) is 3.08. The third kappa shape index (κ3) is 5.00. The zero-order valence-corrected chi connectivity index (χ0v) is 12.6. The minimum atomic E-state index is -0.506. The van der Waals surface area contributed by atoms with E-state index in [0.717, 1.165) is 11.4 Å². The number of hydrogen-bond acceptors (Lipinski definition) is 5. The van der Waals surface area contributed by atoms with Gasteiger partial charge in [-0.3, -0.25) is 4.79 Å². The maximum atomic E-state index is 11.4. The monoisotopic (exact) mass is 294 g/mol. The first kappa shape index (κ1) is 15.8. The summed E-state index contributed by atoms with van der Waals surface area (Å²) >= 11 is 0. The van der Waals surface area contributed by atoms with Crippen molar-refractivity contribution in [1.82, 2.24) is 0 Å². The molecular formula is C15H22N2O4. The number of benzene rings is 1. The number of amides is 1. The van der Waals surface area contributed by atoms with Crippen molar-refractivity contribution in [2.45, 2.75) is 25.7 Å². The van der Waals surface area contributed by atoms with Gasteiger partial charge in [0.05, 0.1) is 19.3 Å². The van der Waals surface area contributed by atoms with E-state index in [1.807, 2.05) is 38.1 Å². The van der Waals surface area contributed by atoms with Crippen LogP contribution in [0, 0.1) is 0 Å². The highest BCUT2D eigenvalue weighted by Crippen LogP contribution is 2.20. The first-order chi connectivity index (χ1) is 9.98. The van der Waals surface area contributed by atoms with E-state index in [9.17, 15) is 4.79 Å². The number of methoxy groups -OCH3 is 1. The van der Waals surface area contributed by atoms with Gasteiger partial charge in [-0.1, -0.05) is 0 Å². The molecule has 1 aromatic rings. The topological polar surface area (TPSA) is 68.8 Å². The Labute approximate surface area is 124 Å². The van der Waals surface area contributed by atoms with Crippen LogP contribution in [0.3, 0.4) is 0 Å². The Bertz CT molecular complexity index is 463. The van der Waals surface area contributed by atoms with E-state index in [1.54, 1.807) is 0 Å². The van der Waals surface area contributed by atoms with Gasteiger partial charge in [0, 0.05) is 18.5 Å². The number of nitrogens with one attached hydrogen (secondary N) is 2. The van der Waals surface area contributed by atoms with Crippen LogP contribution in [0.1, 0.15) is 13.8 Å². The van der Waals surface area contributed by atoms with Crippen molar-refractivity contribution < 1.29 is 19.0 Å². The summed E-state index contributed by atoms with van der Waals surface area (Å²) in [5.74, 6) is -0.678. The number of carbonyl (C=O) groups excluding carboxylic acids is 1. The lowest BCUT2D eigenvalue weighted by atomic mass is 10.2. The molecule has 1 aliphatic rings. The van der Waals surface area contributed by atoms with Gasteiger partial charge < -0.3 is 24.8 Å². The highest BCUT2D eigenvalue weighted by molar-refractivity contribution is 5.91. The number of carbonyl (C=O) groups is 1. The van der Waals surface area contributed by atoms with Crippen LogP contribution in [-0.4, -0.2) is 44.7 Å². The molecule has 0 bridgehead atoms. The quantitative estimate of drug-likeness (QED) is 0.867. The van der Waals surface area contributed by atoms with Gasteiger partial charge in [-0.05, 0) is 38.1 Å². The minimum Gasteiger partial charge on any atom is -0.378 e. The Kier molecular flexibility index (Phi) is 5.17. The second kappa shape index (κ2) is 6.89. The second-order valence-corrected chi connectivity index (χ2v) is 5.42. The van der Waals surface area contributed by atoms with Crippen LogP contribution in [0.5, 0.6) is 0 Å². The van der Waals surface area contributed by atoms with Gasteiger partial charge in [0.1, 0.15) is 6.61 Å². The van der Waals surface area contributed by atoms with E-state index < -0.39 is 5.79 Å². The van der Waals surface area contributed by atoms with Crippen molar-refractivity contribution >= 4 is 17.3 Å². The predicted octanol–water partition coefficient (Wildman–Crippen LogP) is 1.83. The van der Waals surface area contributed by atoms with Crippen LogP contribution in [0.25, 0.3) is 0 Å². The summed E-state index contributed by atoms with van der Waals surface area (Å²) in [6, 6.07) is 7.60. The summed E-state index contributed by atoms with van der Waals surface area (Å²) < 4.78 is 16.0. The number of hydrogen-bond donors (Lipinski definition) is 2. The summed E-state index contributed by atoms with van der Waals surface area (Å²) in [7, 11) is 1.49. The Morgan fingerprint density at radius 1 is 1.24 bits per heavy atom. The first-order valence-electron chi connectivity index (χ1n) is 6.92. The normalized spacial score (nSPS) is 18.2. The summed E-state index contributed by atoms with van der Waals surface area (Å²) in [5.41, 5.74) is 1.69. The zero-order valence-electron chi connectivity index (χ0n) is 12.6. The molecular weight excluding hydrogens is 272 g/mol. The van der Waals surface area contributed by atoms with E-state index in [2.05, 4.69) is 10.6 Å². The molecule has 6 heteroatoms. The third-order valence-corrected chi connectivity index (χ3v) is 3.08. The minimum absolute atomic E-state index is 0.0482. The molecule has 0 aliphatic carbocycles. The molecule has 0 spiro atoms. The molecule has 116 valence electrons. The molecule has 1 aliphatic heterocycles. The largest absolute Gasteiger partial charge is 0.378 e. The van der Waals surface area contributed by atoms with Gasteiger partial charge >= 0.3 is 0 Å². The van der Waals surface area contributed by atoms with Crippen LogP contribution >= 0.6 is 0 Å². The lowest BCUT2D eigenvalue weighted by molar-refractivity contribution is -0.247. The van der Waals surface area contributed by atoms with Crippen molar-refractivity contribution in [2.75, 3.05) is 37.6 Å². The SMILES string of the molecule is COCC(=O)Nc1ccc(NC2COC(C)(C)OC2)cc1. The highest BCUT2D eigenvalue weighted by atomic mass is 16.7. The van der Waals surface area contributed by atoms with Crippen molar-refractivity contribution in [3.63, 3.8) is 0 Å². The van der Waals surface area contributed by atoms with Crippen molar-refractivity contribution in [2.24, 2.45) is 0 Å². The highest BCUT2D eigenvalue weighted by Gasteiger charge is 2.28. The fourth-order valence-corrected chi connectivity index (χ4v) is 1.99. The molecule has 21 heavy (non-hydrogen) atoms. The standard InChI is InChI=1S/C15H22N2O4/c1-15(2)20-8-13(9-21-15)16-11-4-6-12(7-5-11)17-14(18)10-19-3/h4-7,13,16H,8-10H2,1-3H3,(H,17,18). The molecule has 0 aromatic heterocycles. The van der Waals surface area contributed by atoms with Crippen LogP contribution < -0.4 is 10.6 Å².